The maximum atomic E-state index is 14.6. The number of amides is 1. The summed E-state index contributed by atoms with van der Waals surface area (Å²) in [5.74, 6) is 1.07. The molecule has 0 aromatic heterocycles. The summed E-state index contributed by atoms with van der Waals surface area (Å²) in [6, 6.07) is 6.71. The summed E-state index contributed by atoms with van der Waals surface area (Å²) in [5, 5.41) is 19.4. The van der Waals surface area contributed by atoms with Gasteiger partial charge in [0, 0.05) is 25.2 Å². The molecule has 6 heteroatoms. The number of nitrogens with zero attached hydrogens (tertiary/aromatic N) is 3. The van der Waals surface area contributed by atoms with E-state index in [2.05, 4.69) is 16.7 Å². The minimum Gasteiger partial charge on any atom is -0.393 e. The maximum absolute atomic E-state index is 14.6. The number of hydrogen-bond donors (Lipinski definition) is 1. The molecular weight excluding hydrogens is 417 g/mol. The lowest BCUT2D eigenvalue weighted by Crippen LogP contribution is -2.49. The molecule has 1 aliphatic heterocycles. The van der Waals surface area contributed by atoms with Gasteiger partial charge in [0.25, 0.3) is 0 Å². The fourth-order valence-corrected chi connectivity index (χ4v) is 6.80. The fraction of sp³-hybridized carbons (Fsp3) is 0.704. The highest BCUT2D eigenvalue weighted by Gasteiger charge is 2.43. The van der Waals surface area contributed by atoms with Gasteiger partial charge < -0.3 is 14.9 Å². The Morgan fingerprint density at radius 2 is 2.18 bits per heavy atom. The van der Waals surface area contributed by atoms with Crippen LogP contribution < -0.4 is 4.90 Å². The molecule has 2 aliphatic carbocycles. The highest BCUT2D eigenvalue weighted by Crippen LogP contribution is 2.45. The van der Waals surface area contributed by atoms with E-state index in [9.17, 15) is 14.3 Å². The lowest BCUT2D eigenvalue weighted by Gasteiger charge is -2.44. The van der Waals surface area contributed by atoms with Crippen LogP contribution in [0.5, 0.6) is 0 Å². The van der Waals surface area contributed by atoms with E-state index in [1.165, 1.54) is 6.07 Å². The van der Waals surface area contributed by atoms with Crippen molar-refractivity contribution in [2.24, 2.45) is 17.8 Å². The van der Waals surface area contributed by atoms with Crippen LogP contribution in [0.15, 0.2) is 18.2 Å². The van der Waals surface area contributed by atoms with E-state index in [-0.39, 0.29) is 17.5 Å². The van der Waals surface area contributed by atoms with E-state index in [1.807, 2.05) is 6.07 Å². The number of hydrogen-bond acceptors (Lipinski definition) is 4. The molecule has 180 valence electrons. The lowest BCUT2D eigenvalue weighted by molar-refractivity contribution is -0.125. The predicted molar refractivity (Wildman–Crippen MR) is 127 cm³/mol. The van der Waals surface area contributed by atoms with E-state index in [0.717, 1.165) is 90.3 Å². The van der Waals surface area contributed by atoms with Crippen LogP contribution in [-0.4, -0.2) is 47.7 Å². The van der Waals surface area contributed by atoms with Gasteiger partial charge >= 0.3 is 0 Å². The number of piperidine rings is 1. The second-order valence-corrected chi connectivity index (χ2v) is 10.6. The zero-order valence-electron chi connectivity index (χ0n) is 19.9. The number of carbonyl (C=O) groups is 1. The molecule has 1 N–H and O–H groups in total. The Morgan fingerprint density at radius 3 is 2.91 bits per heavy atom. The summed E-state index contributed by atoms with van der Waals surface area (Å²) < 4.78 is 14.6. The quantitative estimate of drug-likeness (QED) is 0.596. The molecule has 2 bridgehead atoms. The predicted octanol–water partition coefficient (Wildman–Crippen LogP) is 4.87. The first-order chi connectivity index (χ1) is 16.0. The fourth-order valence-electron chi connectivity index (χ4n) is 6.80. The van der Waals surface area contributed by atoms with Gasteiger partial charge in [-0.3, -0.25) is 4.79 Å². The number of anilines is 1. The number of halogens is 1. The summed E-state index contributed by atoms with van der Waals surface area (Å²) in [6.45, 7) is 4.55. The summed E-state index contributed by atoms with van der Waals surface area (Å²) in [7, 11) is 0. The molecule has 2 saturated carbocycles. The van der Waals surface area contributed by atoms with Crippen molar-refractivity contribution in [2.45, 2.75) is 82.8 Å². The highest BCUT2D eigenvalue weighted by atomic mass is 19.1. The van der Waals surface area contributed by atoms with Crippen LogP contribution in [0.3, 0.4) is 0 Å². The van der Waals surface area contributed by atoms with Gasteiger partial charge in [0.05, 0.1) is 23.4 Å². The summed E-state index contributed by atoms with van der Waals surface area (Å²) in [5.41, 5.74) is 0.820. The standard InChI is InChI=1S/C27H38FN3O2/c1-2-27(11-9-23-14-21(16-27)6-8-26(23)33)31(19-32)13-10-20-4-3-12-30(18-20)25-7-5-22(17-29)15-24(25)28/h5,7,15,19-21,23,26,33H,2-4,6,8-14,16,18H2,1H3. The molecular formula is C27H38FN3O2. The number of aliphatic hydroxyl groups is 1. The molecule has 0 spiro atoms. The third-order valence-electron chi connectivity index (χ3n) is 8.81. The first-order valence-electron chi connectivity index (χ1n) is 12.8. The van der Waals surface area contributed by atoms with Crippen LogP contribution in [0.2, 0.25) is 0 Å². The van der Waals surface area contributed by atoms with Crippen molar-refractivity contribution >= 4 is 12.1 Å². The van der Waals surface area contributed by atoms with E-state index in [0.29, 0.717) is 29.0 Å². The number of nitriles is 1. The van der Waals surface area contributed by atoms with Crippen LogP contribution in [0, 0.1) is 34.9 Å². The van der Waals surface area contributed by atoms with Crippen molar-refractivity contribution in [3.63, 3.8) is 0 Å². The molecule has 33 heavy (non-hydrogen) atoms. The number of aliphatic hydroxyl groups excluding tert-OH is 1. The number of carbonyl (C=O) groups excluding carboxylic acids is 1. The van der Waals surface area contributed by atoms with E-state index in [1.54, 1.807) is 12.1 Å². The highest BCUT2D eigenvalue weighted by molar-refractivity contribution is 5.51. The normalized spacial score (nSPS) is 32.0. The Labute approximate surface area is 197 Å². The van der Waals surface area contributed by atoms with Gasteiger partial charge in [0.15, 0.2) is 0 Å². The molecule has 4 rings (SSSR count). The Balaban J connectivity index is 1.40. The Kier molecular flexibility index (Phi) is 7.58. The molecule has 1 aromatic rings. The van der Waals surface area contributed by atoms with Gasteiger partial charge in [0.1, 0.15) is 5.82 Å². The monoisotopic (exact) mass is 455 g/mol. The van der Waals surface area contributed by atoms with Crippen molar-refractivity contribution in [3.05, 3.63) is 29.6 Å². The zero-order valence-corrected chi connectivity index (χ0v) is 19.9. The van der Waals surface area contributed by atoms with Crippen molar-refractivity contribution in [1.82, 2.24) is 4.90 Å². The molecule has 5 unspecified atom stereocenters. The summed E-state index contributed by atoms with van der Waals surface area (Å²) in [6.07, 6.45) is 11.0. The third-order valence-corrected chi connectivity index (χ3v) is 8.81. The largest absolute Gasteiger partial charge is 0.393 e. The maximum Gasteiger partial charge on any atom is 0.210 e. The van der Waals surface area contributed by atoms with Gasteiger partial charge in [-0.25, -0.2) is 4.39 Å². The Morgan fingerprint density at radius 1 is 1.33 bits per heavy atom. The molecule has 5 nitrogen and oxygen atoms in total. The van der Waals surface area contributed by atoms with Gasteiger partial charge in [-0.15, -0.1) is 0 Å². The molecule has 1 aromatic carbocycles. The second kappa shape index (κ2) is 10.4. The van der Waals surface area contributed by atoms with Crippen LogP contribution in [0.4, 0.5) is 10.1 Å². The van der Waals surface area contributed by atoms with Crippen molar-refractivity contribution in [3.8, 4) is 6.07 Å². The van der Waals surface area contributed by atoms with Gasteiger partial charge in [-0.05, 0) is 100 Å². The van der Waals surface area contributed by atoms with Gasteiger partial charge in [-0.1, -0.05) is 6.92 Å². The zero-order chi connectivity index (χ0) is 23.4. The molecule has 1 heterocycles. The SMILES string of the molecule is CCC1(N(C=O)CCC2CCCN(c3ccc(C#N)cc3F)C2)CCC2CC(CCC2O)C1. The molecule has 1 amide bonds. The third kappa shape index (κ3) is 5.19. The Bertz CT molecular complexity index is 871. The van der Waals surface area contributed by atoms with Crippen LogP contribution in [0.1, 0.15) is 76.7 Å². The van der Waals surface area contributed by atoms with Crippen LogP contribution in [0.25, 0.3) is 0 Å². The van der Waals surface area contributed by atoms with E-state index in [4.69, 9.17) is 5.26 Å². The average molecular weight is 456 g/mol. The van der Waals surface area contributed by atoms with E-state index < -0.39 is 0 Å². The average Bonchev–Trinajstić information content (AvgIpc) is 3.00. The smallest absolute Gasteiger partial charge is 0.210 e. The van der Waals surface area contributed by atoms with Crippen LogP contribution >= 0.6 is 0 Å². The molecule has 3 aliphatic rings. The van der Waals surface area contributed by atoms with Crippen LogP contribution in [-0.2, 0) is 4.79 Å². The first-order valence-corrected chi connectivity index (χ1v) is 12.8. The minimum absolute atomic E-state index is 0.0984. The van der Waals surface area contributed by atoms with Crippen molar-refractivity contribution < 1.29 is 14.3 Å². The molecule has 5 atom stereocenters. The topological polar surface area (TPSA) is 67.6 Å². The number of fused-ring (bicyclic) bond motifs is 2. The first kappa shape index (κ1) is 24.0. The summed E-state index contributed by atoms with van der Waals surface area (Å²) in [4.78, 5) is 16.5. The second-order valence-electron chi connectivity index (χ2n) is 10.6. The minimum atomic E-state index is -0.332. The Hall–Kier alpha value is -2.13. The number of benzene rings is 1. The van der Waals surface area contributed by atoms with E-state index >= 15 is 0 Å². The number of rotatable bonds is 7. The molecule has 1 saturated heterocycles. The van der Waals surface area contributed by atoms with Gasteiger partial charge in [0.2, 0.25) is 6.41 Å². The van der Waals surface area contributed by atoms with Gasteiger partial charge in [-0.2, -0.15) is 5.26 Å². The molecule has 3 fully saturated rings. The lowest BCUT2D eigenvalue weighted by atomic mass is 9.77. The van der Waals surface area contributed by atoms with Crippen molar-refractivity contribution in [2.75, 3.05) is 24.5 Å². The van der Waals surface area contributed by atoms with Crippen molar-refractivity contribution in [1.29, 1.82) is 5.26 Å². The molecule has 0 radical (unpaired) electrons. The summed E-state index contributed by atoms with van der Waals surface area (Å²) >= 11 is 0.